The number of anilines is 1. The molecular formula is C16H28ClN3O4S. The number of benzene rings is 1. The van der Waals surface area contributed by atoms with Crippen LogP contribution in [0.15, 0.2) is 23.1 Å². The van der Waals surface area contributed by atoms with Gasteiger partial charge in [-0.2, -0.15) is 4.31 Å². The van der Waals surface area contributed by atoms with Crippen molar-refractivity contribution in [2.75, 3.05) is 45.2 Å². The normalized spacial score (nSPS) is 11.2. The van der Waals surface area contributed by atoms with Gasteiger partial charge in [-0.25, -0.2) is 8.42 Å². The van der Waals surface area contributed by atoms with E-state index in [4.69, 9.17) is 4.74 Å². The number of halogens is 1. The summed E-state index contributed by atoms with van der Waals surface area (Å²) in [4.78, 5) is 12.1. The van der Waals surface area contributed by atoms with Gasteiger partial charge in [0.05, 0.1) is 18.0 Å². The van der Waals surface area contributed by atoms with Gasteiger partial charge in [-0.15, -0.1) is 12.4 Å². The van der Waals surface area contributed by atoms with E-state index >= 15 is 0 Å². The molecule has 0 unspecified atom stereocenters. The highest BCUT2D eigenvalue weighted by Crippen LogP contribution is 2.23. The molecule has 0 aromatic heterocycles. The number of amides is 1. The Balaban J connectivity index is 0.00000576. The summed E-state index contributed by atoms with van der Waals surface area (Å²) in [5.74, 6) is -0.235. The van der Waals surface area contributed by atoms with Crippen molar-refractivity contribution >= 4 is 34.0 Å². The van der Waals surface area contributed by atoms with Gasteiger partial charge in [0.2, 0.25) is 15.9 Å². The maximum absolute atomic E-state index is 12.7. The minimum atomic E-state index is -3.56. The van der Waals surface area contributed by atoms with E-state index in [2.05, 4.69) is 10.6 Å². The summed E-state index contributed by atoms with van der Waals surface area (Å²) in [6, 6.07) is 4.91. The van der Waals surface area contributed by atoms with E-state index in [1.807, 2.05) is 0 Å². The van der Waals surface area contributed by atoms with Crippen molar-refractivity contribution in [2.45, 2.75) is 25.7 Å². The monoisotopic (exact) mass is 393 g/mol. The molecule has 144 valence electrons. The first-order valence-electron chi connectivity index (χ1n) is 7.97. The van der Waals surface area contributed by atoms with Gasteiger partial charge < -0.3 is 15.4 Å². The molecule has 1 rings (SSSR count). The zero-order valence-corrected chi connectivity index (χ0v) is 16.8. The number of aryl methyl sites for hydroxylation is 1. The van der Waals surface area contributed by atoms with Gasteiger partial charge in [-0.3, -0.25) is 4.79 Å². The molecule has 0 aliphatic heterocycles. The topological polar surface area (TPSA) is 87.7 Å². The minimum Gasteiger partial charge on any atom is -0.383 e. The summed E-state index contributed by atoms with van der Waals surface area (Å²) in [6.07, 6.45) is 0. The predicted molar refractivity (Wildman–Crippen MR) is 102 cm³/mol. The van der Waals surface area contributed by atoms with Crippen LogP contribution in [0, 0.1) is 6.92 Å². The van der Waals surface area contributed by atoms with Crippen LogP contribution in [0.3, 0.4) is 0 Å². The van der Waals surface area contributed by atoms with Crippen LogP contribution in [-0.2, 0) is 19.6 Å². The molecule has 25 heavy (non-hydrogen) atoms. The number of methoxy groups -OCH3 is 1. The summed E-state index contributed by atoms with van der Waals surface area (Å²) >= 11 is 0. The zero-order valence-electron chi connectivity index (χ0n) is 15.2. The van der Waals surface area contributed by atoms with Gasteiger partial charge in [0.25, 0.3) is 0 Å². The molecule has 0 aliphatic rings. The molecule has 0 aliphatic carbocycles. The first kappa shape index (κ1) is 23.8. The van der Waals surface area contributed by atoms with E-state index in [1.165, 1.54) is 10.4 Å². The van der Waals surface area contributed by atoms with Gasteiger partial charge in [-0.05, 0) is 24.6 Å². The molecule has 1 aromatic rings. The quantitative estimate of drug-likeness (QED) is 0.590. The number of rotatable bonds is 10. The van der Waals surface area contributed by atoms with Crippen LogP contribution in [0.1, 0.15) is 19.4 Å². The molecule has 0 heterocycles. The number of sulfonamides is 1. The number of hydrogen-bond donors (Lipinski definition) is 2. The molecule has 1 amide bonds. The van der Waals surface area contributed by atoms with Gasteiger partial charge >= 0.3 is 0 Å². The third-order valence-corrected chi connectivity index (χ3v) is 5.76. The van der Waals surface area contributed by atoms with Crippen molar-refractivity contribution in [3.8, 4) is 0 Å². The molecule has 7 nitrogen and oxygen atoms in total. The summed E-state index contributed by atoms with van der Waals surface area (Å²) in [6.45, 7) is 7.37. The Labute approximate surface area is 156 Å². The van der Waals surface area contributed by atoms with E-state index in [9.17, 15) is 13.2 Å². The number of carbonyl (C=O) groups is 1. The summed E-state index contributed by atoms with van der Waals surface area (Å²) in [5, 5.41) is 5.64. The van der Waals surface area contributed by atoms with Gasteiger partial charge in [-0.1, -0.05) is 19.9 Å². The van der Waals surface area contributed by atoms with E-state index in [1.54, 1.807) is 40.0 Å². The Kier molecular flexibility index (Phi) is 10.9. The maximum Gasteiger partial charge on any atom is 0.243 e. The van der Waals surface area contributed by atoms with Crippen LogP contribution < -0.4 is 10.6 Å². The molecule has 2 N–H and O–H groups in total. The Bertz CT molecular complexity index is 649. The van der Waals surface area contributed by atoms with Crippen LogP contribution in [-0.4, -0.2) is 58.5 Å². The molecule has 0 atom stereocenters. The van der Waals surface area contributed by atoms with E-state index in [0.717, 1.165) is 0 Å². The van der Waals surface area contributed by atoms with E-state index < -0.39 is 10.0 Å². The highest BCUT2D eigenvalue weighted by atomic mass is 35.5. The molecule has 0 spiro atoms. The van der Waals surface area contributed by atoms with Crippen molar-refractivity contribution in [3.63, 3.8) is 0 Å². The fourth-order valence-electron chi connectivity index (χ4n) is 2.24. The van der Waals surface area contributed by atoms with Crippen LogP contribution >= 0.6 is 12.4 Å². The second-order valence-electron chi connectivity index (χ2n) is 5.29. The Morgan fingerprint density at radius 1 is 1.24 bits per heavy atom. The second-order valence-corrected chi connectivity index (χ2v) is 7.19. The average molecular weight is 394 g/mol. The average Bonchev–Trinajstić information content (AvgIpc) is 2.54. The standard InChI is InChI=1S/C16H27N3O4S.ClH/c1-5-19(6-2)24(21,22)15-11-14(8-7-13(15)3)18-16(20)12-17-9-10-23-4;/h7-8,11,17H,5-6,9-10,12H2,1-4H3,(H,18,20);1H. The highest BCUT2D eigenvalue weighted by molar-refractivity contribution is 7.89. The summed E-state index contributed by atoms with van der Waals surface area (Å²) < 4.78 is 31.7. The third-order valence-electron chi connectivity index (χ3n) is 3.56. The van der Waals surface area contributed by atoms with Gasteiger partial charge in [0.15, 0.2) is 0 Å². The van der Waals surface area contributed by atoms with Crippen molar-refractivity contribution in [2.24, 2.45) is 0 Å². The van der Waals surface area contributed by atoms with Crippen LogP contribution in [0.2, 0.25) is 0 Å². The van der Waals surface area contributed by atoms with Crippen LogP contribution in [0.4, 0.5) is 5.69 Å². The highest BCUT2D eigenvalue weighted by Gasteiger charge is 2.24. The molecule has 0 saturated carbocycles. The molecule has 0 bridgehead atoms. The van der Waals surface area contributed by atoms with Crippen molar-refractivity contribution in [3.05, 3.63) is 23.8 Å². The molecule has 9 heteroatoms. The number of carbonyl (C=O) groups excluding carboxylic acids is 1. The maximum atomic E-state index is 12.7. The Hall–Kier alpha value is -1.19. The van der Waals surface area contributed by atoms with Crippen molar-refractivity contribution in [1.82, 2.24) is 9.62 Å². The number of nitrogens with zero attached hydrogens (tertiary/aromatic N) is 1. The van der Waals surface area contributed by atoms with Gasteiger partial charge in [0, 0.05) is 32.4 Å². The summed E-state index contributed by atoms with van der Waals surface area (Å²) in [7, 11) is -1.98. The molecule has 0 fully saturated rings. The fourth-order valence-corrected chi connectivity index (χ4v) is 3.95. The van der Waals surface area contributed by atoms with Crippen LogP contribution in [0.25, 0.3) is 0 Å². The SMILES string of the molecule is CCN(CC)S(=O)(=O)c1cc(NC(=O)CNCCOC)ccc1C.Cl. The smallest absolute Gasteiger partial charge is 0.243 e. The first-order chi connectivity index (χ1) is 11.4. The van der Waals surface area contributed by atoms with E-state index in [-0.39, 0.29) is 29.8 Å². The molecular weight excluding hydrogens is 366 g/mol. The van der Waals surface area contributed by atoms with E-state index in [0.29, 0.717) is 37.5 Å². The first-order valence-corrected chi connectivity index (χ1v) is 9.41. The zero-order chi connectivity index (χ0) is 18.2. The third kappa shape index (κ3) is 6.91. The van der Waals surface area contributed by atoms with Gasteiger partial charge in [0.1, 0.15) is 0 Å². The largest absolute Gasteiger partial charge is 0.383 e. The predicted octanol–water partition coefficient (Wildman–Crippen LogP) is 1.62. The minimum absolute atomic E-state index is 0. The number of hydrogen-bond acceptors (Lipinski definition) is 5. The number of ether oxygens (including phenoxy) is 1. The summed E-state index contributed by atoms with van der Waals surface area (Å²) in [5.41, 5.74) is 1.11. The Morgan fingerprint density at radius 2 is 1.88 bits per heavy atom. The molecule has 0 radical (unpaired) electrons. The second kappa shape index (κ2) is 11.4. The Morgan fingerprint density at radius 3 is 2.44 bits per heavy atom. The molecule has 0 saturated heterocycles. The lowest BCUT2D eigenvalue weighted by atomic mass is 10.2. The lowest BCUT2D eigenvalue weighted by molar-refractivity contribution is -0.115. The van der Waals surface area contributed by atoms with Crippen molar-refractivity contribution < 1.29 is 17.9 Å². The van der Waals surface area contributed by atoms with Crippen molar-refractivity contribution in [1.29, 1.82) is 0 Å². The number of nitrogens with one attached hydrogen (secondary N) is 2. The lowest BCUT2D eigenvalue weighted by Gasteiger charge is -2.20. The molecule has 1 aromatic carbocycles. The lowest BCUT2D eigenvalue weighted by Crippen LogP contribution is -2.32. The fraction of sp³-hybridized carbons (Fsp3) is 0.562. The van der Waals surface area contributed by atoms with Crippen LogP contribution in [0.5, 0.6) is 0 Å².